The lowest BCUT2D eigenvalue weighted by atomic mass is 10.0. The fourth-order valence-corrected chi connectivity index (χ4v) is 6.19. The standard InChI is InChI=1S/C26H29ClN4O/c27-20-10-8-18(9-11-20)25-23(30-14-4-3-7-24(30)28-25)17-31-21-12-13-22(31)16-29(15-21)26(32)19-5-1-2-6-19/h3-4,7-11,14,19,21-22H,1-2,5-6,12-13,15-17H2. The molecule has 32 heavy (non-hydrogen) atoms. The normalized spacial score (nSPS) is 24.0. The van der Waals surface area contributed by atoms with Gasteiger partial charge in [0.15, 0.2) is 0 Å². The smallest absolute Gasteiger partial charge is 0.225 e. The van der Waals surface area contributed by atoms with Crippen LogP contribution in [-0.2, 0) is 11.3 Å². The number of likely N-dealkylation sites (tertiary alicyclic amines) is 1. The minimum Gasteiger partial charge on any atom is -0.339 e. The molecule has 3 aromatic rings. The molecule has 2 aromatic heterocycles. The Kier molecular flexibility index (Phi) is 5.19. The van der Waals surface area contributed by atoms with Gasteiger partial charge in [-0.15, -0.1) is 0 Å². The van der Waals surface area contributed by atoms with Crippen molar-refractivity contribution in [3.8, 4) is 11.3 Å². The van der Waals surface area contributed by atoms with Crippen molar-refractivity contribution in [2.24, 2.45) is 5.92 Å². The van der Waals surface area contributed by atoms with Gasteiger partial charge < -0.3 is 9.30 Å². The maximum Gasteiger partial charge on any atom is 0.225 e. The van der Waals surface area contributed by atoms with Gasteiger partial charge in [-0.2, -0.15) is 0 Å². The first kappa shape index (κ1) is 20.3. The molecule has 6 rings (SSSR count). The van der Waals surface area contributed by atoms with Crippen LogP contribution in [0.4, 0.5) is 0 Å². The molecule has 2 atom stereocenters. The molecule has 0 spiro atoms. The Balaban J connectivity index is 1.29. The van der Waals surface area contributed by atoms with Crippen LogP contribution in [0.3, 0.4) is 0 Å². The summed E-state index contributed by atoms with van der Waals surface area (Å²) in [4.78, 5) is 22.9. The minimum atomic E-state index is 0.274. The number of halogens is 1. The summed E-state index contributed by atoms with van der Waals surface area (Å²) < 4.78 is 2.22. The fourth-order valence-electron chi connectivity index (χ4n) is 6.07. The molecular weight excluding hydrogens is 420 g/mol. The second-order valence-electron chi connectivity index (χ2n) is 9.62. The summed E-state index contributed by atoms with van der Waals surface area (Å²) in [6.45, 7) is 2.60. The Morgan fingerprint density at radius 3 is 2.41 bits per heavy atom. The zero-order chi connectivity index (χ0) is 21.7. The van der Waals surface area contributed by atoms with E-state index >= 15 is 0 Å². The molecule has 2 unspecified atom stereocenters. The third-order valence-electron chi connectivity index (χ3n) is 7.73. The summed E-state index contributed by atoms with van der Waals surface area (Å²) in [5.74, 6) is 0.687. The predicted octanol–water partition coefficient (Wildman–Crippen LogP) is 5.02. The van der Waals surface area contributed by atoms with Gasteiger partial charge in [-0.1, -0.05) is 42.6 Å². The van der Waals surface area contributed by atoms with Gasteiger partial charge in [-0.3, -0.25) is 9.69 Å². The van der Waals surface area contributed by atoms with Crippen LogP contribution in [-0.4, -0.2) is 50.3 Å². The lowest BCUT2D eigenvalue weighted by Crippen LogP contribution is -2.55. The Hall–Kier alpha value is -2.37. The van der Waals surface area contributed by atoms with Gasteiger partial charge in [0, 0.05) is 54.4 Å². The van der Waals surface area contributed by atoms with Gasteiger partial charge in [-0.05, 0) is 49.9 Å². The van der Waals surface area contributed by atoms with Crippen LogP contribution in [0.25, 0.3) is 16.9 Å². The van der Waals surface area contributed by atoms with E-state index in [1.807, 2.05) is 18.2 Å². The molecule has 3 aliphatic rings. The van der Waals surface area contributed by atoms with Gasteiger partial charge in [0.05, 0.1) is 11.4 Å². The summed E-state index contributed by atoms with van der Waals surface area (Å²) in [6, 6.07) is 15.0. The third kappa shape index (κ3) is 3.52. The van der Waals surface area contributed by atoms with Crippen molar-refractivity contribution in [3.05, 3.63) is 59.4 Å². The number of rotatable bonds is 4. The number of amides is 1. The van der Waals surface area contributed by atoms with E-state index in [1.54, 1.807) is 0 Å². The molecular formula is C26H29ClN4O. The zero-order valence-corrected chi connectivity index (χ0v) is 19.0. The number of carbonyl (C=O) groups is 1. The maximum absolute atomic E-state index is 13.1. The zero-order valence-electron chi connectivity index (χ0n) is 18.3. The van der Waals surface area contributed by atoms with E-state index in [4.69, 9.17) is 16.6 Å². The molecule has 2 aliphatic heterocycles. The van der Waals surface area contributed by atoms with E-state index < -0.39 is 0 Å². The molecule has 0 radical (unpaired) electrons. The van der Waals surface area contributed by atoms with Crippen molar-refractivity contribution in [2.45, 2.75) is 57.2 Å². The number of piperazine rings is 1. The summed E-state index contributed by atoms with van der Waals surface area (Å²) in [5, 5.41) is 0.736. The number of pyridine rings is 1. The monoisotopic (exact) mass is 448 g/mol. The fraction of sp³-hybridized carbons (Fsp3) is 0.462. The van der Waals surface area contributed by atoms with Crippen LogP contribution in [0.2, 0.25) is 5.02 Å². The molecule has 5 nitrogen and oxygen atoms in total. The van der Waals surface area contributed by atoms with Crippen molar-refractivity contribution >= 4 is 23.2 Å². The van der Waals surface area contributed by atoms with Crippen LogP contribution < -0.4 is 0 Å². The van der Waals surface area contributed by atoms with E-state index in [9.17, 15) is 4.79 Å². The van der Waals surface area contributed by atoms with E-state index in [1.165, 1.54) is 31.4 Å². The molecule has 1 amide bonds. The largest absolute Gasteiger partial charge is 0.339 e. The molecule has 1 saturated carbocycles. The van der Waals surface area contributed by atoms with E-state index in [2.05, 4.69) is 44.7 Å². The number of aromatic nitrogens is 2. The molecule has 3 fully saturated rings. The number of hydrogen-bond donors (Lipinski definition) is 0. The van der Waals surface area contributed by atoms with Crippen LogP contribution in [0, 0.1) is 5.92 Å². The Bertz CT molecular complexity index is 1120. The molecule has 0 N–H and O–H groups in total. The summed E-state index contributed by atoms with van der Waals surface area (Å²) in [5.41, 5.74) is 4.30. The first-order valence-electron chi connectivity index (χ1n) is 11.9. The first-order valence-corrected chi connectivity index (χ1v) is 12.3. The lowest BCUT2D eigenvalue weighted by Gasteiger charge is -2.42. The van der Waals surface area contributed by atoms with Gasteiger partial charge in [0.25, 0.3) is 0 Å². The lowest BCUT2D eigenvalue weighted by molar-refractivity contribution is -0.139. The van der Waals surface area contributed by atoms with Crippen molar-refractivity contribution in [1.29, 1.82) is 0 Å². The number of hydrogen-bond acceptors (Lipinski definition) is 3. The van der Waals surface area contributed by atoms with Crippen LogP contribution in [0.15, 0.2) is 48.7 Å². The van der Waals surface area contributed by atoms with Crippen molar-refractivity contribution in [1.82, 2.24) is 19.2 Å². The van der Waals surface area contributed by atoms with E-state index in [0.29, 0.717) is 18.0 Å². The van der Waals surface area contributed by atoms with Crippen LogP contribution in [0.1, 0.15) is 44.2 Å². The average Bonchev–Trinajstić information content (AvgIpc) is 3.52. The summed E-state index contributed by atoms with van der Waals surface area (Å²) in [7, 11) is 0. The van der Waals surface area contributed by atoms with Crippen molar-refractivity contribution in [2.75, 3.05) is 13.1 Å². The molecule has 166 valence electrons. The number of nitrogens with zero attached hydrogens (tertiary/aromatic N) is 4. The molecule has 4 heterocycles. The second-order valence-corrected chi connectivity index (χ2v) is 10.1. The quantitative estimate of drug-likeness (QED) is 0.562. The molecule has 2 bridgehead atoms. The molecule has 6 heteroatoms. The number of imidazole rings is 1. The van der Waals surface area contributed by atoms with Crippen molar-refractivity contribution in [3.63, 3.8) is 0 Å². The highest BCUT2D eigenvalue weighted by molar-refractivity contribution is 6.30. The highest BCUT2D eigenvalue weighted by Crippen LogP contribution is 2.36. The van der Waals surface area contributed by atoms with E-state index in [-0.39, 0.29) is 5.92 Å². The molecule has 2 saturated heterocycles. The number of benzene rings is 1. The van der Waals surface area contributed by atoms with Crippen molar-refractivity contribution < 1.29 is 4.79 Å². The van der Waals surface area contributed by atoms with Gasteiger partial charge >= 0.3 is 0 Å². The average molecular weight is 449 g/mol. The highest BCUT2D eigenvalue weighted by atomic mass is 35.5. The topological polar surface area (TPSA) is 40.9 Å². The number of carbonyl (C=O) groups excluding carboxylic acids is 1. The molecule has 1 aromatic carbocycles. The Morgan fingerprint density at radius 1 is 0.969 bits per heavy atom. The van der Waals surface area contributed by atoms with Crippen LogP contribution in [0.5, 0.6) is 0 Å². The Labute approximate surface area is 194 Å². The Morgan fingerprint density at radius 2 is 1.69 bits per heavy atom. The predicted molar refractivity (Wildman–Crippen MR) is 127 cm³/mol. The first-order chi connectivity index (χ1) is 15.7. The highest BCUT2D eigenvalue weighted by Gasteiger charge is 2.43. The third-order valence-corrected chi connectivity index (χ3v) is 7.98. The van der Waals surface area contributed by atoms with Gasteiger partial charge in [0.1, 0.15) is 5.65 Å². The van der Waals surface area contributed by atoms with Gasteiger partial charge in [-0.25, -0.2) is 4.98 Å². The molecule has 1 aliphatic carbocycles. The maximum atomic E-state index is 13.1. The summed E-state index contributed by atoms with van der Waals surface area (Å²) >= 11 is 6.14. The van der Waals surface area contributed by atoms with E-state index in [0.717, 1.165) is 54.4 Å². The van der Waals surface area contributed by atoms with Crippen LogP contribution >= 0.6 is 11.6 Å². The number of fused-ring (bicyclic) bond motifs is 3. The summed E-state index contributed by atoms with van der Waals surface area (Å²) in [6.07, 6.45) is 9.05. The van der Waals surface area contributed by atoms with Gasteiger partial charge in [0.2, 0.25) is 5.91 Å². The SMILES string of the molecule is O=C(C1CCCC1)N1CC2CCC(C1)N2Cc1c(-c2ccc(Cl)cc2)nc2ccccn12. The minimum absolute atomic E-state index is 0.274. The second kappa shape index (κ2) is 8.20.